The van der Waals surface area contributed by atoms with Gasteiger partial charge in [0.2, 0.25) is 5.79 Å². The molecule has 2 spiro atoms. The second kappa shape index (κ2) is 8.71. The minimum atomic E-state index is -2.14. The number of thiazole rings is 1. The highest BCUT2D eigenvalue weighted by atomic mass is 35.5. The van der Waals surface area contributed by atoms with Gasteiger partial charge in [0.05, 0.1) is 18.4 Å². The van der Waals surface area contributed by atoms with Crippen molar-refractivity contribution in [1.29, 1.82) is 0 Å². The Hall–Kier alpha value is -1.07. The van der Waals surface area contributed by atoms with Crippen LogP contribution in [0.2, 0.25) is 0 Å². The van der Waals surface area contributed by atoms with Crippen LogP contribution in [0.1, 0.15) is 56.5 Å². The lowest BCUT2D eigenvalue weighted by Crippen LogP contribution is -2.85. The Morgan fingerprint density at radius 2 is 1.92 bits per heavy atom. The zero-order valence-corrected chi connectivity index (χ0v) is 23.9. The third-order valence-electron chi connectivity index (χ3n) is 11.0. The van der Waals surface area contributed by atoms with E-state index in [2.05, 4.69) is 30.6 Å². The summed E-state index contributed by atoms with van der Waals surface area (Å²) in [5, 5.41) is 39.9. The first kappa shape index (κ1) is 27.1. The number of fused-ring (bicyclic) bond motifs is 3. The van der Waals surface area contributed by atoms with Gasteiger partial charge in [0.25, 0.3) is 0 Å². The summed E-state index contributed by atoms with van der Waals surface area (Å²) in [4.78, 5) is 22.7. The molecule has 7 aliphatic rings. The van der Waals surface area contributed by atoms with Crippen molar-refractivity contribution in [2.24, 2.45) is 28.6 Å². The molecule has 4 bridgehead atoms. The number of aromatic nitrogens is 1. The summed E-state index contributed by atoms with van der Waals surface area (Å²) in [5.74, 6) is -3.62. The van der Waals surface area contributed by atoms with Gasteiger partial charge < -0.3 is 30.3 Å². The summed E-state index contributed by atoms with van der Waals surface area (Å²) in [6, 6.07) is 0. The highest BCUT2D eigenvalue weighted by Gasteiger charge is 2.86. The number of anilines is 1. The molecule has 3 aliphatic heterocycles. The van der Waals surface area contributed by atoms with E-state index < -0.39 is 34.7 Å². The molecule has 8 rings (SSSR count). The Morgan fingerprint density at radius 1 is 1.18 bits per heavy atom. The first-order chi connectivity index (χ1) is 17.6. The summed E-state index contributed by atoms with van der Waals surface area (Å²) in [5.41, 5.74) is -1.49. The average Bonchev–Trinajstić information content (AvgIpc) is 3.30. The molecule has 4 N–H and O–H groups in total. The number of likely N-dealkylation sites (tertiary alicyclic amines) is 1. The van der Waals surface area contributed by atoms with Crippen molar-refractivity contribution < 1.29 is 24.9 Å². The summed E-state index contributed by atoms with van der Waals surface area (Å²) in [7, 11) is 0. The number of ketones is 1. The monoisotopic (exact) mass is 565 g/mol. The maximum absolute atomic E-state index is 13.9. The molecule has 0 unspecified atom stereocenters. The van der Waals surface area contributed by atoms with Crippen molar-refractivity contribution in [3.8, 4) is 0 Å². The Morgan fingerprint density at radius 3 is 2.66 bits per heavy atom. The zero-order chi connectivity index (χ0) is 26.0. The van der Waals surface area contributed by atoms with E-state index in [4.69, 9.17) is 9.72 Å². The molecule has 38 heavy (non-hydrogen) atoms. The number of hydrogen-bond donors (Lipinski definition) is 4. The minimum absolute atomic E-state index is 0. The molecule has 3 saturated carbocycles. The van der Waals surface area contributed by atoms with Gasteiger partial charge in [-0.25, -0.2) is 4.98 Å². The number of piperidine rings is 1. The Labute approximate surface area is 234 Å². The van der Waals surface area contributed by atoms with Crippen molar-refractivity contribution in [1.82, 2.24) is 9.88 Å². The summed E-state index contributed by atoms with van der Waals surface area (Å²) in [6.07, 6.45) is 3.43. The highest BCUT2D eigenvalue weighted by molar-refractivity contribution is 7.15. The number of nitrogens with zero attached hydrogens (tertiary/aromatic N) is 2. The topological polar surface area (TPSA) is 115 Å². The molecule has 210 valence electrons. The van der Waals surface area contributed by atoms with Gasteiger partial charge in [0.1, 0.15) is 11.5 Å². The number of aliphatic hydroxyl groups is 3. The molecule has 1 aromatic heterocycles. The molecule has 0 aromatic carbocycles. The molecule has 6 fully saturated rings. The predicted molar refractivity (Wildman–Crippen MR) is 147 cm³/mol. The van der Waals surface area contributed by atoms with Crippen LogP contribution in [0.25, 0.3) is 0 Å². The van der Waals surface area contributed by atoms with Crippen LogP contribution in [-0.2, 0) is 21.4 Å². The third-order valence-corrected chi connectivity index (χ3v) is 12.1. The molecule has 3 saturated heterocycles. The number of aliphatic hydroxyl groups excluding tert-OH is 2. The molecule has 0 amide bonds. The third kappa shape index (κ3) is 3.04. The van der Waals surface area contributed by atoms with E-state index in [-0.39, 0.29) is 42.0 Å². The van der Waals surface area contributed by atoms with Crippen LogP contribution in [0.4, 0.5) is 5.13 Å². The summed E-state index contributed by atoms with van der Waals surface area (Å²) in [6.45, 7) is 12.6. The fraction of sp³-hybridized carbons (Fsp3) is 0.786. The van der Waals surface area contributed by atoms with E-state index in [0.29, 0.717) is 18.4 Å². The van der Waals surface area contributed by atoms with Crippen LogP contribution in [0.15, 0.2) is 12.2 Å². The lowest BCUT2D eigenvalue weighted by molar-refractivity contribution is -0.429. The molecule has 1 aromatic rings. The van der Waals surface area contributed by atoms with Crippen molar-refractivity contribution in [3.05, 3.63) is 22.7 Å². The molecule has 10 heteroatoms. The van der Waals surface area contributed by atoms with Crippen molar-refractivity contribution in [3.63, 3.8) is 0 Å². The lowest BCUT2D eigenvalue weighted by atomic mass is 9.36. The smallest absolute Gasteiger partial charge is 0.208 e. The van der Waals surface area contributed by atoms with E-state index >= 15 is 0 Å². The first-order valence-electron chi connectivity index (χ1n) is 14.0. The fourth-order valence-electron chi connectivity index (χ4n) is 9.67. The zero-order valence-electron chi connectivity index (χ0n) is 22.2. The normalized spacial score (nSPS) is 44.7. The fourth-order valence-corrected chi connectivity index (χ4v) is 11.0. The number of nitrogens with one attached hydrogen (secondary N) is 1. The number of ether oxygens (including phenoxy) is 1. The molecule has 8 nitrogen and oxygen atoms in total. The van der Waals surface area contributed by atoms with Gasteiger partial charge >= 0.3 is 0 Å². The molecular weight excluding hydrogens is 526 g/mol. The van der Waals surface area contributed by atoms with Crippen molar-refractivity contribution >= 4 is 34.7 Å². The van der Waals surface area contributed by atoms with Gasteiger partial charge in [0, 0.05) is 35.2 Å². The van der Waals surface area contributed by atoms with Gasteiger partial charge in [-0.15, -0.1) is 23.7 Å². The first-order valence-corrected chi connectivity index (χ1v) is 14.8. The number of carbonyl (C=O) groups excluding carboxylic acids is 1. The van der Waals surface area contributed by atoms with Gasteiger partial charge in [0.15, 0.2) is 10.9 Å². The Bertz CT molecular complexity index is 1170. The van der Waals surface area contributed by atoms with Gasteiger partial charge in [-0.2, -0.15) is 0 Å². The Balaban J connectivity index is 0.00000264. The van der Waals surface area contributed by atoms with Crippen LogP contribution in [0.3, 0.4) is 0 Å². The second-order valence-corrected chi connectivity index (χ2v) is 14.2. The van der Waals surface area contributed by atoms with Gasteiger partial charge in [-0.1, -0.05) is 26.8 Å². The number of Topliss-reactive ketones (excluding diaryl/α,β-unsaturated/α-hetero) is 1. The minimum Gasteiger partial charge on any atom is -0.391 e. The van der Waals surface area contributed by atoms with E-state index in [1.165, 1.54) is 19.3 Å². The SMILES string of the molecule is C=C1C(=O)[C@]23[C@H](O)[C@H]1CC[C@H]2[C@@]12CO[C@]3(O)[C@@H](O)[C@@H]1C(C)(C)Cc1sc(NCCN3CCCCC3)nc12.Cl. The number of hydrogen-bond acceptors (Lipinski definition) is 9. The molecule has 0 radical (unpaired) electrons. The average molecular weight is 566 g/mol. The van der Waals surface area contributed by atoms with Crippen LogP contribution in [0, 0.1) is 28.6 Å². The number of halogens is 1. The lowest BCUT2D eigenvalue weighted by Gasteiger charge is -2.73. The molecular formula is C28H40ClN3O5S. The molecule has 4 aliphatic carbocycles. The highest BCUT2D eigenvalue weighted by Crippen LogP contribution is 2.75. The quantitative estimate of drug-likeness (QED) is 0.412. The van der Waals surface area contributed by atoms with Crippen molar-refractivity contribution in [2.75, 3.05) is 38.1 Å². The van der Waals surface area contributed by atoms with Gasteiger partial charge in [-0.05, 0) is 62.1 Å². The van der Waals surface area contributed by atoms with Crippen LogP contribution in [0.5, 0.6) is 0 Å². The summed E-state index contributed by atoms with van der Waals surface area (Å²) >= 11 is 1.66. The maximum atomic E-state index is 13.9. The van der Waals surface area contributed by atoms with E-state index in [1.54, 1.807) is 11.3 Å². The van der Waals surface area contributed by atoms with Crippen LogP contribution < -0.4 is 5.32 Å². The molecule has 4 heterocycles. The van der Waals surface area contributed by atoms with E-state index in [9.17, 15) is 20.1 Å². The van der Waals surface area contributed by atoms with Crippen molar-refractivity contribution in [2.45, 2.75) is 75.8 Å². The standard InChI is InChI=1S/C28H39N3O5S.ClH/c1-15-16-7-8-18-26-14-36-28(35,27(18,21(15)32)22(16)33)23(34)19(26)25(2,3)13-17-20(26)30-24(37-17)29-9-12-31-10-5-4-6-11-31;/h16,18-19,22-23,33-35H,1,4-14H2,2-3H3,(H,29,30);1H/t16-,18-,19+,22+,23-,26-,27-,28+;/m0./s1. The predicted octanol–water partition coefficient (Wildman–Crippen LogP) is 2.50. The number of carbonyl (C=O) groups is 1. The van der Waals surface area contributed by atoms with Crippen LogP contribution >= 0.6 is 23.7 Å². The largest absolute Gasteiger partial charge is 0.391 e. The maximum Gasteiger partial charge on any atom is 0.208 e. The molecule has 8 atom stereocenters. The van der Waals surface area contributed by atoms with E-state index in [1.807, 2.05) is 0 Å². The van der Waals surface area contributed by atoms with E-state index in [0.717, 1.165) is 48.3 Å². The van der Waals surface area contributed by atoms with Crippen LogP contribution in [-0.4, -0.2) is 81.8 Å². The number of rotatable bonds is 4. The Kier molecular flexibility index (Phi) is 6.22. The van der Waals surface area contributed by atoms with Gasteiger partial charge in [-0.3, -0.25) is 4.79 Å². The summed E-state index contributed by atoms with van der Waals surface area (Å²) < 4.78 is 6.16. The second-order valence-electron chi connectivity index (χ2n) is 13.1.